The van der Waals surface area contributed by atoms with Gasteiger partial charge in [0.2, 0.25) is 0 Å². The molecule has 0 heterocycles. The number of esters is 1. The maximum absolute atomic E-state index is 10.8. The third-order valence-corrected chi connectivity index (χ3v) is 2.70. The first-order valence-electron chi connectivity index (χ1n) is 4.91. The molecule has 0 spiro atoms. The predicted octanol–water partition coefficient (Wildman–Crippen LogP) is 1.72. The summed E-state index contributed by atoms with van der Waals surface area (Å²) in [4.78, 5) is 10.8. The summed E-state index contributed by atoms with van der Waals surface area (Å²) in [6.07, 6.45) is 1.24. The molecule has 1 aromatic rings. The minimum atomic E-state index is -0.259. The van der Waals surface area contributed by atoms with Crippen LogP contribution < -0.4 is 11.5 Å². The van der Waals surface area contributed by atoms with E-state index in [4.69, 9.17) is 16.2 Å². The van der Waals surface area contributed by atoms with Crippen molar-refractivity contribution in [2.45, 2.75) is 25.9 Å². The summed E-state index contributed by atoms with van der Waals surface area (Å²) in [6, 6.07) is 3.59. The van der Waals surface area contributed by atoms with Gasteiger partial charge in [0, 0.05) is 31.1 Å². The molecule has 2 rings (SSSR count). The topological polar surface area (TPSA) is 78.3 Å². The quantitative estimate of drug-likeness (QED) is 0.606. The van der Waals surface area contributed by atoms with Crippen molar-refractivity contribution in [2.24, 2.45) is 0 Å². The highest BCUT2D eigenvalue weighted by Crippen LogP contribution is 2.32. The Morgan fingerprint density at radius 1 is 1.18 bits per heavy atom. The Morgan fingerprint density at radius 2 is 1.59 bits per heavy atom. The lowest BCUT2D eigenvalue weighted by atomic mass is 10.1. The molecule has 0 aliphatic heterocycles. The standard InChI is InChI=1S/C11H14N2O2.2ClH/c1-6(14)15-7-4-8-9(5-7)11(13)3-2-10(8)12;;/h2-3,7H,4-5,12-13H2,1H3;2*1H. The van der Waals surface area contributed by atoms with Crippen LogP contribution in [0.3, 0.4) is 0 Å². The number of fused-ring (bicyclic) bond motifs is 1. The molecule has 1 aliphatic carbocycles. The Bertz CT molecular complexity index is 393. The summed E-state index contributed by atoms with van der Waals surface area (Å²) in [7, 11) is 0. The van der Waals surface area contributed by atoms with Gasteiger partial charge in [0.05, 0.1) is 0 Å². The van der Waals surface area contributed by atoms with Crippen molar-refractivity contribution in [3.05, 3.63) is 23.3 Å². The molecule has 0 saturated heterocycles. The van der Waals surface area contributed by atoms with Gasteiger partial charge < -0.3 is 16.2 Å². The van der Waals surface area contributed by atoms with Crippen molar-refractivity contribution in [3.8, 4) is 0 Å². The lowest BCUT2D eigenvalue weighted by Crippen LogP contribution is -2.16. The van der Waals surface area contributed by atoms with Gasteiger partial charge in [-0.2, -0.15) is 0 Å². The van der Waals surface area contributed by atoms with Gasteiger partial charge >= 0.3 is 5.97 Å². The van der Waals surface area contributed by atoms with Gasteiger partial charge in [0.15, 0.2) is 0 Å². The number of carbonyl (C=O) groups is 1. The minimum absolute atomic E-state index is 0. The zero-order chi connectivity index (χ0) is 11.0. The van der Waals surface area contributed by atoms with Crippen molar-refractivity contribution < 1.29 is 9.53 Å². The first-order chi connectivity index (χ1) is 7.08. The van der Waals surface area contributed by atoms with Crippen LogP contribution in [-0.4, -0.2) is 12.1 Å². The second-order valence-corrected chi connectivity index (χ2v) is 3.84. The molecule has 4 nitrogen and oxygen atoms in total. The third kappa shape index (κ3) is 3.17. The van der Waals surface area contributed by atoms with E-state index in [0.717, 1.165) is 22.5 Å². The second-order valence-electron chi connectivity index (χ2n) is 3.84. The van der Waals surface area contributed by atoms with Gasteiger partial charge in [-0.15, -0.1) is 24.8 Å². The lowest BCUT2D eigenvalue weighted by molar-refractivity contribution is -0.145. The van der Waals surface area contributed by atoms with Gasteiger partial charge in [-0.05, 0) is 23.3 Å². The van der Waals surface area contributed by atoms with Crippen LogP contribution in [0, 0.1) is 0 Å². The fourth-order valence-electron chi connectivity index (χ4n) is 2.06. The maximum Gasteiger partial charge on any atom is 0.302 e. The number of nitrogens with two attached hydrogens (primary N) is 2. The lowest BCUT2D eigenvalue weighted by Gasteiger charge is -2.08. The highest BCUT2D eigenvalue weighted by Gasteiger charge is 2.27. The van der Waals surface area contributed by atoms with Gasteiger partial charge in [0.1, 0.15) is 6.10 Å². The number of anilines is 2. The summed E-state index contributed by atoms with van der Waals surface area (Å²) < 4.78 is 5.15. The molecule has 6 heteroatoms. The Labute approximate surface area is 113 Å². The second kappa shape index (κ2) is 5.98. The van der Waals surface area contributed by atoms with Gasteiger partial charge in [-0.3, -0.25) is 4.79 Å². The van der Waals surface area contributed by atoms with E-state index in [0.29, 0.717) is 12.8 Å². The van der Waals surface area contributed by atoms with Crippen LogP contribution in [0.15, 0.2) is 12.1 Å². The van der Waals surface area contributed by atoms with E-state index in [9.17, 15) is 4.79 Å². The molecule has 1 aromatic carbocycles. The summed E-state index contributed by atoms with van der Waals surface area (Å²) in [5.41, 5.74) is 15.2. The zero-order valence-electron chi connectivity index (χ0n) is 9.43. The third-order valence-electron chi connectivity index (χ3n) is 2.70. The average Bonchev–Trinajstić information content (AvgIpc) is 2.55. The fourth-order valence-corrected chi connectivity index (χ4v) is 2.06. The Kier molecular flexibility index (Phi) is 5.58. The van der Waals surface area contributed by atoms with Crippen molar-refractivity contribution >= 4 is 42.2 Å². The number of nitrogen functional groups attached to an aromatic ring is 2. The molecule has 0 radical (unpaired) electrons. The summed E-state index contributed by atoms with van der Waals surface area (Å²) in [5, 5.41) is 0. The van der Waals surface area contributed by atoms with Crippen molar-refractivity contribution in [1.29, 1.82) is 0 Å². The van der Waals surface area contributed by atoms with Crippen molar-refractivity contribution in [3.63, 3.8) is 0 Å². The van der Waals surface area contributed by atoms with Crippen molar-refractivity contribution in [1.82, 2.24) is 0 Å². The SMILES string of the molecule is CC(=O)OC1Cc2c(N)ccc(N)c2C1.Cl.Cl. The average molecular weight is 279 g/mol. The molecule has 0 unspecified atom stereocenters. The number of rotatable bonds is 1. The minimum Gasteiger partial charge on any atom is -0.462 e. The number of ether oxygens (including phenoxy) is 1. The molecule has 96 valence electrons. The highest BCUT2D eigenvalue weighted by molar-refractivity contribution is 5.85. The first-order valence-corrected chi connectivity index (χ1v) is 4.91. The predicted molar refractivity (Wildman–Crippen MR) is 72.7 cm³/mol. The molecule has 0 bridgehead atoms. The van der Waals surface area contributed by atoms with Gasteiger partial charge in [0.25, 0.3) is 0 Å². The molecule has 1 aliphatic rings. The van der Waals surface area contributed by atoms with E-state index in [1.165, 1.54) is 6.92 Å². The summed E-state index contributed by atoms with van der Waals surface area (Å²) in [6.45, 7) is 1.41. The van der Waals surface area contributed by atoms with E-state index in [-0.39, 0.29) is 36.9 Å². The zero-order valence-corrected chi connectivity index (χ0v) is 11.1. The summed E-state index contributed by atoms with van der Waals surface area (Å²) >= 11 is 0. The van der Waals surface area contributed by atoms with Crippen LogP contribution in [0.2, 0.25) is 0 Å². The molecule has 0 aromatic heterocycles. The molecule has 0 fully saturated rings. The molecular formula is C11H16Cl2N2O2. The fraction of sp³-hybridized carbons (Fsp3) is 0.364. The van der Waals surface area contributed by atoms with E-state index >= 15 is 0 Å². The van der Waals surface area contributed by atoms with E-state index in [1.54, 1.807) is 12.1 Å². The molecule has 0 saturated carbocycles. The van der Waals surface area contributed by atoms with Gasteiger partial charge in [-0.25, -0.2) is 0 Å². The molecule has 4 N–H and O–H groups in total. The molecule has 17 heavy (non-hydrogen) atoms. The number of hydrogen-bond acceptors (Lipinski definition) is 4. The molecule has 0 atom stereocenters. The Balaban J connectivity index is 0.00000128. The van der Waals surface area contributed by atoms with Crippen LogP contribution in [0.4, 0.5) is 11.4 Å². The maximum atomic E-state index is 10.8. The van der Waals surface area contributed by atoms with Crippen LogP contribution in [0.25, 0.3) is 0 Å². The Hall–Kier alpha value is -1.13. The van der Waals surface area contributed by atoms with Crippen LogP contribution >= 0.6 is 24.8 Å². The molecular weight excluding hydrogens is 263 g/mol. The van der Waals surface area contributed by atoms with E-state index in [2.05, 4.69) is 0 Å². The van der Waals surface area contributed by atoms with E-state index < -0.39 is 0 Å². The highest BCUT2D eigenvalue weighted by atomic mass is 35.5. The number of hydrogen-bond donors (Lipinski definition) is 2. The number of halogens is 2. The van der Waals surface area contributed by atoms with Gasteiger partial charge in [-0.1, -0.05) is 0 Å². The first kappa shape index (κ1) is 15.9. The summed E-state index contributed by atoms with van der Waals surface area (Å²) in [5.74, 6) is -0.259. The van der Waals surface area contributed by atoms with Crippen LogP contribution in [0.1, 0.15) is 18.1 Å². The van der Waals surface area contributed by atoms with Crippen LogP contribution in [0.5, 0.6) is 0 Å². The number of carbonyl (C=O) groups excluding carboxylic acids is 1. The number of benzene rings is 1. The normalized spacial score (nSPS) is 13.2. The monoisotopic (exact) mass is 278 g/mol. The van der Waals surface area contributed by atoms with Crippen molar-refractivity contribution in [2.75, 3.05) is 11.5 Å². The molecule has 0 amide bonds. The smallest absolute Gasteiger partial charge is 0.302 e. The van der Waals surface area contributed by atoms with Crippen LogP contribution in [-0.2, 0) is 22.4 Å². The largest absolute Gasteiger partial charge is 0.462 e. The Morgan fingerprint density at radius 3 is 1.94 bits per heavy atom. The van der Waals surface area contributed by atoms with E-state index in [1.807, 2.05) is 0 Å².